The SMILES string of the molecule is CCn1c(C)nc2c(oc3nc(-c4ccccc4)cc(C(F)(F)F)c32)c1=O. The molecule has 5 nitrogen and oxygen atoms in total. The van der Waals surface area contributed by atoms with Gasteiger partial charge in [-0.2, -0.15) is 13.2 Å². The average Bonchev–Trinajstić information content (AvgIpc) is 3.00. The van der Waals surface area contributed by atoms with Gasteiger partial charge < -0.3 is 4.42 Å². The van der Waals surface area contributed by atoms with Crippen LogP contribution in [-0.2, 0) is 12.7 Å². The minimum absolute atomic E-state index is 0.113. The number of furan rings is 1. The molecule has 3 aromatic heterocycles. The summed E-state index contributed by atoms with van der Waals surface area (Å²) in [6.45, 7) is 3.65. The minimum Gasteiger partial charge on any atom is -0.430 e. The molecule has 0 aliphatic carbocycles. The Kier molecular flexibility index (Phi) is 3.80. The number of rotatable bonds is 2. The first-order valence-electron chi connectivity index (χ1n) is 8.28. The van der Waals surface area contributed by atoms with Crippen molar-refractivity contribution in [2.45, 2.75) is 26.6 Å². The van der Waals surface area contributed by atoms with Crippen LogP contribution in [0.3, 0.4) is 0 Å². The zero-order valence-corrected chi connectivity index (χ0v) is 14.5. The van der Waals surface area contributed by atoms with Crippen LogP contribution in [0.25, 0.3) is 33.5 Å². The molecule has 27 heavy (non-hydrogen) atoms. The summed E-state index contributed by atoms with van der Waals surface area (Å²) in [5, 5.41) is -0.291. The monoisotopic (exact) mass is 373 g/mol. The zero-order valence-electron chi connectivity index (χ0n) is 14.5. The van der Waals surface area contributed by atoms with Gasteiger partial charge in [0, 0.05) is 12.1 Å². The average molecular weight is 373 g/mol. The molecule has 0 N–H and O–H groups in total. The van der Waals surface area contributed by atoms with E-state index in [1.807, 2.05) is 0 Å². The molecule has 0 aliphatic rings. The number of pyridine rings is 1. The van der Waals surface area contributed by atoms with E-state index in [1.165, 1.54) is 4.57 Å². The summed E-state index contributed by atoms with van der Waals surface area (Å²) in [7, 11) is 0. The number of halogens is 3. The van der Waals surface area contributed by atoms with Crippen molar-refractivity contribution in [2.24, 2.45) is 0 Å². The summed E-state index contributed by atoms with van der Waals surface area (Å²) in [4.78, 5) is 21.0. The van der Waals surface area contributed by atoms with Crippen LogP contribution in [0.2, 0.25) is 0 Å². The maximum atomic E-state index is 13.8. The van der Waals surface area contributed by atoms with Crippen LogP contribution in [0.4, 0.5) is 13.2 Å². The molecule has 0 unspecified atom stereocenters. The maximum absolute atomic E-state index is 13.8. The summed E-state index contributed by atoms with van der Waals surface area (Å²) < 4.78 is 48.2. The Labute approximate surface area is 151 Å². The van der Waals surface area contributed by atoms with Crippen LogP contribution >= 0.6 is 0 Å². The first-order valence-corrected chi connectivity index (χ1v) is 8.28. The van der Waals surface area contributed by atoms with Gasteiger partial charge in [0.2, 0.25) is 11.3 Å². The second-order valence-electron chi connectivity index (χ2n) is 6.09. The summed E-state index contributed by atoms with van der Waals surface area (Å²) in [5.74, 6) is 0.318. The molecule has 0 radical (unpaired) electrons. The Morgan fingerprint density at radius 1 is 1.15 bits per heavy atom. The third-order valence-corrected chi connectivity index (χ3v) is 4.43. The number of alkyl halides is 3. The Balaban J connectivity index is 2.16. The number of hydrogen-bond acceptors (Lipinski definition) is 4. The van der Waals surface area contributed by atoms with Crippen molar-refractivity contribution in [2.75, 3.05) is 0 Å². The Morgan fingerprint density at radius 2 is 1.85 bits per heavy atom. The highest BCUT2D eigenvalue weighted by atomic mass is 19.4. The van der Waals surface area contributed by atoms with Crippen molar-refractivity contribution in [3.63, 3.8) is 0 Å². The van der Waals surface area contributed by atoms with E-state index in [9.17, 15) is 18.0 Å². The first-order chi connectivity index (χ1) is 12.8. The van der Waals surface area contributed by atoms with Crippen molar-refractivity contribution in [1.82, 2.24) is 14.5 Å². The number of benzene rings is 1. The van der Waals surface area contributed by atoms with Gasteiger partial charge in [-0.15, -0.1) is 0 Å². The Hall–Kier alpha value is -3.16. The molecule has 0 saturated carbocycles. The normalized spacial score (nSPS) is 12.2. The number of aromatic nitrogens is 3. The van der Waals surface area contributed by atoms with Crippen molar-refractivity contribution in [3.05, 3.63) is 58.1 Å². The van der Waals surface area contributed by atoms with Crippen LogP contribution in [0.1, 0.15) is 18.3 Å². The van der Waals surface area contributed by atoms with E-state index in [-0.39, 0.29) is 27.9 Å². The largest absolute Gasteiger partial charge is 0.430 e. The van der Waals surface area contributed by atoms with Gasteiger partial charge in [-0.1, -0.05) is 30.3 Å². The molecule has 3 heterocycles. The standard InChI is InChI=1S/C19H14F3N3O2/c1-3-25-10(2)23-15-14-12(19(20,21)22)9-13(11-7-5-4-6-8-11)24-17(14)27-16(15)18(25)26/h4-9H,3H2,1-2H3. The van der Waals surface area contributed by atoms with E-state index in [0.29, 0.717) is 17.9 Å². The highest BCUT2D eigenvalue weighted by Gasteiger charge is 2.36. The number of aryl methyl sites for hydroxylation is 1. The van der Waals surface area contributed by atoms with Crippen molar-refractivity contribution >= 4 is 22.2 Å². The lowest BCUT2D eigenvalue weighted by Gasteiger charge is -2.10. The zero-order chi connectivity index (χ0) is 19.3. The predicted octanol–water partition coefficient (Wildman–Crippen LogP) is 4.55. The second-order valence-corrected chi connectivity index (χ2v) is 6.09. The summed E-state index contributed by atoms with van der Waals surface area (Å²) in [5.41, 5.74) is -1.41. The molecular weight excluding hydrogens is 359 g/mol. The first kappa shape index (κ1) is 17.3. The molecule has 4 aromatic rings. The van der Waals surface area contributed by atoms with Gasteiger partial charge in [-0.25, -0.2) is 9.97 Å². The molecule has 8 heteroatoms. The molecule has 138 valence electrons. The second kappa shape index (κ2) is 5.94. The highest BCUT2D eigenvalue weighted by Crippen LogP contribution is 2.40. The fraction of sp³-hybridized carbons (Fsp3) is 0.211. The van der Waals surface area contributed by atoms with E-state index < -0.39 is 17.3 Å². The van der Waals surface area contributed by atoms with E-state index in [4.69, 9.17) is 4.42 Å². The molecule has 1 aromatic carbocycles. The van der Waals surface area contributed by atoms with Gasteiger partial charge in [-0.05, 0) is 19.9 Å². The molecule has 0 fully saturated rings. The third kappa shape index (κ3) is 2.68. The van der Waals surface area contributed by atoms with Crippen molar-refractivity contribution in [3.8, 4) is 11.3 Å². The van der Waals surface area contributed by atoms with E-state index in [2.05, 4.69) is 9.97 Å². The smallest absolute Gasteiger partial charge is 0.417 e. The third-order valence-electron chi connectivity index (χ3n) is 4.43. The molecule has 0 amide bonds. The van der Waals surface area contributed by atoms with Crippen LogP contribution in [0.15, 0.2) is 45.6 Å². The van der Waals surface area contributed by atoms with Crippen molar-refractivity contribution in [1.29, 1.82) is 0 Å². The molecule has 0 spiro atoms. The van der Waals surface area contributed by atoms with Gasteiger partial charge in [0.25, 0.3) is 5.56 Å². The van der Waals surface area contributed by atoms with Crippen LogP contribution in [0, 0.1) is 6.92 Å². The van der Waals surface area contributed by atoms with Gasteiger partial charge in [0.05, 0.1) is 16.6 Å². The van der Waals surface area contributed by atoms with Gasteiger partial charge in [-0.3, -0.25) is 9.36 Å². The fourth-order valence-electron chi connectivity index (χ4n) is 3.18. The van der Waals surface area contributed by atoms with Crippen LogP contribution in [-0.4, -0.2) is 14.5 Å². The number of hydrogen-bond donors (Lipinski definition) is 0. The Bertz CT molecular complexity index is 1220. The minimum atomic E-state index is -4.66. The predicted molar refractivity (Wildman–Crippen MR) is 94.4 cm³/mol. The maximum Gasteiger partial charge on any atom is 0.417 e. The summed E-state index contributed by atoms with van der Waals surface area (Å²) >= 11 is 0. The van der Waals surface area contributed by atoms with Crippen LogP contribution < -0.4 is 5.56 Å². The van der Waals surface area contributed by atoms with Crippen molar-refractivity contribution < 1.29 is 17.6 Å². The molecule has 0 saturated heterocycles. The Morgan fingerprint density at radius 3 is 2.48 bits per heavy atom. The van der Waals surface area contributed by atoms with E-state index >= 15 is 0 Å². The van der Waals surface area contributed by atoms with Crippen LogP contribution in [0.5, 0.6) is 0 Å². The lowest BCUT2D eigenvalue weighted by atomic mass is 10.1. The van der Waals surface area contributed by atoms with Gasteiger partial charge >= 0.3 is 6.18 Å². The molecule has 0 atom stereocenters. The van der Waals surface area contributed by atoms with Gasteiger partial charge in [0.1, 0.15) is 11.3 Å². The molecule has 0 bridgehead atoms. The number of nitrogens with zero attached hydrogens (tertiary/aromatic N) is 3. The lowest BCUT2D eigenvalue weighted by molar-refractivity contribution is -0.136. The van der Waals surface area contributed by atoms with E-state index in [1.54, 1.807) is 44.2 Å². The summed E-state index contributed by atoms with van der Waals surface area (Å²) in [6, 6.07) is 9.45. The molecule has 4 rings (SSSR count). The molecule has 0 aliphatic heterocycles. The molecular formula is C19H14F3N3O2. The van der Waals surface area contributed by atoms with E-state index in [0.717, 1.165) is 6.07 Å². The quantitative estimate of drug-likeness (QED) is 0.517. The lowest BCUT2D eigenvalue weighted by Crippen LogP contribution is -2.22. The van der Waals surface area contributed by atoms with Gasteiger partial charge in [0.15, 0.2) is 0 Å². The topological polar surface area (TPSA) is 60.9 Å². The number of fused-ring (bicyclic) bond motifs is 3. The highest BCUT2D eigenvalue weighted by molar-refractivity contribution is 6.03. The summed E-state index contributed by atoms with van der Waals surface area (Å²) in [6.07, 6.45) is -4.66. The fourth-order valence-corrected chi connectivity index (χ4v) is 3.18.